The van der Waals surface area contributed by atoms with Crippen LogP contribution in [0.1, 0.15) is 24.8 Å². The summed E-state index contributed by atoms with van der Waals surface area (Å²) >= 11 is 0. The minimum absolute atomic E-state index is 0.0761. The number of hydrogen-bond acceptors (Lipinski definition) is 9. The maximum absolute atomic E-state index is 12.9. The molecule has 0 saturated carbocycles. The number of carboxylic acid groups (broad SMARTS) is 2. The van der Waals surface area contributed by atoms with Gasteiger partial charge < -0.3 is 47.8 Å². The summed E-state index contributed by atoms with van der Waals surface area (Å²) in [6.45, 7) is -0.754. The van der Waals surface area contributed by atoms with E-state index in [4.69, 9.17) is 21.7 Å². The first-order valence-corrected chi connectivity index (χ1v) is 10.6. The summed E-state index contributed by atoms with van der Waals surface area (Å²) < 4.78 is 0. The van der Waals surface area contributed by atoms with Gasteiger partial charge in [0.05, 0.1) is 13.0 Å². The number of nitrogens with two attached hydrogens (primary N) is 2. The first-order chi connectivity index (χ1) is 16.8. The second kappa shape index (κ2) is 14.2. The molecule has 4 amide bonds. The van der Waals surface area contributed by atoms with Crippen LogP contribution in [0.15, 0.2) is 24.3 Å². The molecule has 4 unspecified atom stereocenters. The molecular weight excluding hydrogens is 482 g/mol. The Bertz CT molecular complexity index is 968. The van der Waals surface area contributed by atoms with Gasteiger partial charge in [-0.3, -0.25) is 24.0 Å². The van der Waals surface area contributed by atoms with Gasteiger partial charge in [0.25, 0.3) is 0 Å². The van der Waals surface area contributed by atoms with Crippen molar-refractivity contribution < 1.29 is 49.2 Å². The smallest absolute Gasteiger partial charge is 0.326 e. The summed E-state index contributed by atoms with van der Waals surface area (Å²) in [5.41, 5.74) is 11.0. The fourth-order valence-corrected chi connectivity index (χ4v) is 2.92. The van der Waals surface area contributed by atoms with E-state index in [-0.39, 0.29) is 12.2 Å². The van der Waals surface area contributed by atoms with E-state index >= 15 is 0 Å². The highest BCUT2D eigenvalue weighted by Crippen LogP contribution is 2.12. The average molecular weight is 511 g/mol. The normalized spacial score (nSPS) is 13.9. The average Bonchev–Trinajstić information content (AvgIpc) is 2.80. The molecule has 0 aliphatic carbocycles. The second-order valence-electron chi connectivity index (χ2n) is 7.78. The Hall–Kier alpha value is -4.24. The lowest BCUT2D eigenvalue weighted by Crippen LogP contribution is -2.58. The Morgan fingerprint density at radius 1 is 0.833 bits per heavy atom. The Balaban J connectivity index is 3.16. The van der Waals surface area contributed by atoms with Gasteiger partial charge in [-0.15, -0.1) is 0 Å². The van der Waals surface area contributed by atoms with Crippen LogP contribution in [0.4, 0.5) is 0 Å². The van der Waals surface area contributed by atoms with Crippen molar-refractivity contribution in [1.29, 1.82) is 0 Å². The number of benzene rings is 1. The van der Waals surface area contributed by atoms with Crippen molar-refractivity contribution in [3.8, 4) is 5.75 Å². The van der Waals surface area contributed by atoms with Gasteiger partial charge in [0.2, 0.25) is 23.6 Å². The van der Waals surface area contributed by atoms with E-state index in [0.717, 1.165) is 0 Å². The number of phenols is 1. The van der Waals surface area contributed by atoms with Crippen LogP contribution < -0.4 is 27.4 Å². The van der Waals surface area contributed by atoms with E-state index in [1.807, 2.05) is 0 Å². The van der Waals surface area contributed by atoms with Crippen molar-refractivity contribution in [2.45, 2.75) is 49.9 Å². The summed E-state index contributed by atoms with van der Waals surface area (Å²) in [6.07, 6.45) is -1.88. The van der Waals surface area contributed by atoms with Crippen LogP contribution in [0.5, 0.6) is 5.75 Å². The van der Waals surface area contributed by atoms with Gasteiger partial charge in [0, 0.05) is 12.8 Å². The van der Waals surface area contributed by atoms with E-state index in [2.05, 4.69) is 16.0 Å². The lowest BCUT2D eigenvalue weighted by Gasteiger charge is -2.24. The number of aliphatic carboxylic acids is 2. The highest BCUT2D eigenvalue weighted by atomic mass is 16.4. The molecule has 0 saturated heterocycles. The van der Waals surface area contributed by atoms with Crippen LogP contribution in [0.3, 0.4) is 0 Å². The van der Waals surface area contributed by atoms with Crippen molar-refractivity contribution in [2.75, 3.05) is 6.61 Å². The minimum atomic E-state index is -1.59. The molecule has 1 aromatic carbocycles. The number of hydrogen-bond donors (Lipinski definition) is 9. The van der Waals surface area contributed by atoms with E-state index in [1.165, 1.54) is 24.3 Å². The lowest BCUT2D eigenvalue weighted by atomic mass is 10.0. The fourth-order valence-electron chi connectivity index (χ4n) is 2.92. The number of nitrogens with one attached hydrogen (secondary N) is 3. The van der Waals surface area contributed by atoms with Crippen LogP contribution in [0.2, 0.25) is 0 Å². The maximum atomic E-state index is 12.9. The van der Waals surface area contributed by atoms with Crippen LogP contribution >= 0.6 is 0 Å². The molecule has 0 radical (unpaired) electrons. The van der Waals surface area contributed by atoms with E-state index in [0.29, 0.717) is 5.56 Å². The summed E-state index contributed by atoms with van der Waals surface area (Å²) in [4.78, 5) is 71.5. The molecule has 15 nitrogen and oxygen atoms in total. The molecule has 4 atom stereocenters. The third kappa shape index (κ3) is 10.4. The van der Waals surface area contributed by atoms with Gasteiger partial charge in [-0.1, -0.05) is 12.1 Å². The molecule has 0 heterocycles. The molecule has 0 spiro atoms. The monoisotopic (exact) mass is 511 g/mol. The first-order valence-electron chi connectivity index (χ1n) is 10.6. The molecule has 1 rings (SSSR count). The van der Waals surface area contributed by atoms with Crippen LogP contribution in [0, 0.1) is 0 Å². The Morgan fingerprint density at radius 3 is 1.86 bits per heavy atom. The van der Waals surface area contributed by atoms with E-state index in [1.54, 1.807) is 0 Å². The van der Waals surface area contributed by atoms with Gasteiger partial charge in [-0.05, 0) is 24.1 Å². The number of aliphatic hydroxyl groups is 1. The van der Waals surface area contributed by atoms with Crippen LogP contribution in [-0.2, 0) is 35.2 Å². The molecule has 0 aromatic heterocycles. The number of aliphatic hydroxyl groups excluding tert-OH is 1. The molecule has 15 heteroatoms. The van der Waals surface area contributed by atoms with Crippen molar-refractivity contribution in [3.63, 3.8) is 0 Å². The molecular formula is C21H29N5O10. The van der Waals surface area contributed by atoms with E-state index in [9.17, 15) is 39.0 Å². The van der Waals surface area contributed by atoms with Gasteiger partial charge in [0.15, 0.2) is 0 Å². The zero-order valence-electron chi connectivity index (χ0n) is 19.0. The van der Waals surface area contributed by atoms with Gasteiger partial charge >= 0.3 is 11.9 Å². The quantitative estimate of drug-likeness (QED) is 0.112. The molecule has 0 bridgehead atoms. The molecule has 0 fully saturated rings. The molecule has 36 heavy (non-hydrogen) atoms. The summed E-state index contributed by atoms with van der Waals surface area (Å²) in [5.74, 6) is -6.85. The summed E-state index contributed by atoms with van der Waals surface area (Å²) in [6, 6.07) is -0.534. The zero-order valence-corrected chi connectivity index (χ0v) is 19.0. The number of carboxylic acids is 2. The molecule has 198 valence electrons. The first kappa shape index (κ1) is 29.8. The predicted octanol–water partition coefficient (Wildman–Crippen LogP) is -3.47. The molecule has 1 aromatic rings. The number of rotatable bonds is 15. The second-order valence-corrected chi connectivity index (χ2v) is 7.78. The minimum Gasteiger partial charge on any atom is -0.508 e. The highest BCUT2D eigenvalue weighted by Gasteiger charge is 2.31. The van der Waals surface area contributed by atoms with Crippen molar-refractivity contribution in [3.05, 3.63) is 29.8 Å². The predicted molar refractivity (Wildman–Crippen MR) is 121 cm³/mol. The number of amides is 4. The van der Waals surface area contributed by atoms with Crippen LogP contribution in [-0.4, -0.2) is 86.8 Å². The van der Waals surface area contributed by atoms with Gasteiger partial charge in [-0.2, -0.15) is 0 Å². The van der Waals surface area contributed by atoms with Crippen LogP contribution in [0.25, 0.3) is 0 Å². The third-order valence-corrected chi connectivity index (χ3v) is 4.84. The SMILES string of the molecule is NC(=O)CC(NC(=O)C(N)CO)C(=O)NC(Cc1ccc(O)cc1)C(=O)NC(CCC(=O)O)C(=O)O. The van der Waals surface area contributed by atoms with Crippen molar-refractivity contribution >= 4 is 35.6 Å². The van der Waals surface area contributed by atoms with Gasteiger partial charge in [0.1, 0.15) is 29.9 Å². The molecule has 11 N–H and O–H groups in total. The van der Waals surface area contributed by atoms with Gasteiger partial charge in [-0.25, -0.2) is 4.79 Å². The Morgan fingerprint density at radius 2 is 1.36 bits per heavy atom. The van der Waals surface area contributed by atoms with Crippen molar-refractivity contribution in [1.82, 2.24) is 16.0 Å². The standard InChI is InChI=1S/C21H29N5O10/c22-12(9-27)18(32)25-15(8-16(23)29)20(34)26-14(7-10-1-3-11(28)4-2-10)19(33)24-13(21(35)36)5-6-17(30)31/h1-4,12-15,27-28H,5-9,22H2,(H2,23,29)(H,24,33)(H,25,32)(H,26,34)(H,30,31)(H,35,36). The highest BCUT2D eigenvalue weighted by molar-refractivity contribution is 5.96. The van der Waals surface area contributed by atoms with E-state index < -0.39 is 85.6 Å². The summed E-state index contributed by atoms with van der Waals surface area (Å²) in [5, 5.41) is 43.2. The number of phenolic OH excluding ortho intramolecular Hbond substituents is 1. The number of aromatic hydroxyl groups is 1. The Kier molecular flexibility index (Phi) is 11.8. The maximum Gasteiger partial charge on any atom is 0.326 e. The molecule has 0 aliphatic heterocycles. The molecule has 0 aliphatic rings. The third-order valence-electron chi connectivity index (χ3n) is 4.84. The number of carbonyl (C=O) groups is 6. The number of carbonyl (C=O) groups excluding carboxylic acids is 4. The summed E-state index contributed by atoms with van der Waals surface area (Å²) in [7, 11) is 0. The topological polar surface area (TPSA) is 271 Å². The lowest BCUT2D eigenvalue weighted by molar-refractivity contribution is -0.143. The fraction of sp³-hybridized carbons (Fsp3) is 0.429. The largest absolute Gasteiger partial charge is 0.508 e. The van der Waals surface area contributed by atoms with Crippen molar-refractivity contribution in [2.24, 2.45) is 11.5 Å². The number of primary amides is 1. The zero-order chi connectivity index (χ0) is 27.4. The Labute approximate surface area is 204 Å².